The molecule has 0 unspecified atom stereocenters. The molecule has 2 aliphatic heterocycles. The first kappa shape index (κ1) is 28.3. The van der Waals surface area contributed by atoms with Crippen LogP contribution in [0.25, 0.3) is 11.0 Å². The molecule has 2 aromatic rings. The van der Waals surface area contributed by atoms with Gasteiger partial charge in [-0.1, -0.05) is 23.2 Å². The lowest BCUT2D eigenvalue weighted by atomic mass is 9.89. The van der Waals surface area contributed by atoms with E-state index in [0.29, 0.717) is 35.5 Å². The summed E-state index contributed by atoms with van der Waals surface area (Å²) in [5.41, 5.74) is 0.378. The number of rotatable bonds is 9. The van der Waals surface area contributed by atoms with E-state index in [2.05, 4.69) is 20.5 Å². The molecule has 2 N–H and O–H groups in total. The zero-order chi connectivity index (χ0) is 28.6. The molecule has 5 atom stereocenters. The Balaban J connectivity index is 1.32. The fraction of sp³-hybridized carbons (Fsp3) is 0.577. The first-order chi connectivity index (χ1) is 19.0. The summed E-state index contributed by atoms with van der Waals surface area (Å²) in [7, 11) is 0. The highest BCUT2D eigenvalue weighted by Crippen LogP contribution is 2.43. The number of carbonyl (C=O) groups excluding carboxylic acids is 4. The number of ether oxygens (including phenoxy) is 1. The van der Waals surface area contributed by atoms with Crippen molar-refractivity contribution in [2.45, 2.75) is 44.5 Å². The van der Waals surface area contributed by atoms with E-state index in [0.717, 1.165) is 19.3 Å². The number of carbonyl (C=O) groups is 4. The minimum atomic E-state index is -4.99. The largest absolute Gasteiger partial charge is 0.522 e. The number of benzene rings is 1. The zero-order valence-corrected chi connectivity index (χ0v) is 22.1. The molecule has 0 spiro atoms. The van der Waals surface area contributed by atoms with Gasteiger partial charge < -0.3 is 20.1 Å². The normalized spacial score (nSPS) is 25.2. The Hall–Kier alpha value is -3.19. The van der Waals surface area contributed by atoms with Crippen molar-refractivity contribution >= 4 is 46.1 Å². The monoisotopic (exact) mass is 584 g/mol. The summed E-state index contributed by atoms with van der Waals surface area (Å²) in [6, 6.07) is 3.90. The number of ketones is 1. The second-order valence-electron chi connectivity index (χ2n) is 10.6. The van der Waals surface area contributed by atoms with Crippen molar-refractivity contribution in [3.05, 3.63) is 28.9 Å². The second kappa shape index (κ2) is 11.4. The van der Waals surface area contributed by atoms with Crippen LogP contribution in [0.15, 0.2) is 22.7 Å². The lowest BCUT2D eigenvalue weighted by molar-refractivity contribution is -0.321. The average molecular weight is 585 g/mol. The molecule has 216 valence electrons. The molecule has 1 saturated carbocycles. The summed E-state index contributed by atoms with van der Waals surface area (Å²) >= 11 is 6.00. The van der Waals surface area contributed by atoms with Crippen LogP contribution in [-0.2, 0) is 19.1 Å². The van der Waals surface area contributed by atoms with E-state index in [1.165, 1.54) is 11.0 Å². The summed E-state index contributed by atoms with van der Waals surface area (Å²) in [6.07, 6.45) is -2.11. The van der Waals surface area contributed by atoms with E-state index < -0.39 is 48.4 Å². The van der Waals surface area contributed by atoms with Crippen LogP contribution in [0.1, 0.15) is 42.6 Å². The Morgan fingerprint density at radius 3 is 2.77 bits per heavy atom. The van der Waals surface area contributed by atoms with Crippen molar-refractivity contribution in [3.8, 4) is 0 Å². The molecule has 14 heteroatoms. The van der Waals surface area contributed by atoms with Crippen LogP contribution >= 0.6 is 11.6 Å². The molecule has 10 nitrogen and oxygen atoms in total. The third kappa shape index (κ3) is 5.95. The number of aromatic nitrogens is 1. The number of hydrogen-bond acceptors (Lipinski definition) is 7. The van der Waals surface area contributed by atoms with Crippen LogP contribution in [0.5, 0.6) is 0 Å². The van der Waals surface area contributed by atoms with Crippen LogP contribution < -0.4 is 10.6 Å². The number of amides is 3. The van der Waals surface area contributed by atoms with Gasteiger partial charge in [0, 0.05) is 42.6 Å². The van der Waals surface area contributed by atoms with Crippen molar-refractivity contribution in [3.63, 3.8) is 0 Å². The summed E-state index contributed by atoms with van der Waals surface area (Å²) < 4.78 is 46.7. The molecule has 3 heterocycles. The van der Waals surface area contributed by atoms with Crippen molar-refractivity contribution in [2.24, 2.45) is 23.7 Å². The Labute approximate surface area is 231 Å². The van der Waals surface area contributed by atoms with Gasteiger partial charge in [0.2, 0.25) is 11.8 Å². The molecule has 5 rings (SSSR count). The zero-order valence-electron chi connectivity index (χ0n) is 21.3. The van der Waals surface area contributed by atoms with Gasteiger partial charge in [0.15, 0.2) is 17.1 Å². The van der Waals surface area contributed by atoms with Crippen molar-refractivity contribution in [1.29, 1.82) is 0 Å². The molecule has 40 heavy (non-hydrogen) atoms. The van der Waals surface area contributed by atoms with Crippen LogP contribution in [0.2, 0.25) is 5.02 Å². The molecule has 3 fully saturated rings. The SMILES string of the molecule is O=C(COC(F)(F)F)[C@@H](CNC(=O)[C@@H]1[C@H]2CCC[C@H]2CN1C(=O)c1noc2cc(Cl)ccc12)C[C@@H]1CCNC1=O. The number of hydrogen-bond donors (Lipinski definition) is 2. The van der Waals surface area contributed by atoms with E-state index in [9.17, 15) is 32.3 Å². The minimum absolute atomic E-state index is 0.0288. The van der Waals surface area contributed by atoms with Gasteiger partial charge in [-0.2, -0.15) is 0 Å². The van der Waals surface area contributed by atoms with Crippen molar-refractivity contribution in [1.82, 2.24) is 20.7 Å². The summed E-state index contributed by atoms with van der Waals surface area (Å²) in [5.74, 6) is -3.80. The van der Waals surface area contributed by atoms with Gasteiger partial charge in [0.25, 0.3) is 5.91 Å². The van der Waals surface area contributed by atoms with Crippen LogP contribution in [0, 0.1) is 23.7 Å². The van der Waals surface area contributed by atoms with Gasteiger partial charge in [-0.15, -0.1) is 13.2 Å². The molecule has 1 aromatic carbocycles. The van der Waals surface area contributed by atoms with Crippen LogP contribution in [0.3, 0.4) is 0 Å². The fourth-order valence-electron chi connectivity index (χ4n) is 6.19. The minimum Gasteiger partial charge on any atom is -0.356 e. The summed E-state index contributed by atoms with van der Waals surface area (Å²) in [5, 5.41) is 10.1. The number of nitrogens with zero attached hydrogens (tertiary/aromatic N) is 2. The molecule has 3 amide bonds. The van der Waals surface area contributed by atoms with Crippen molar-refractivity contribution in [2.75, 3.05) is 26.2 Å². The third-order valence-electron chi connectivity index (χ3n) is 8.14. The lowest BCUT2D eigenvalue weighted by Gasteiger charge is -2.27. The van der Waals surface area contributed by atoms with Crippen LogP contribution in [-0.4, -0.2) is 72.2 Å². The standard InChI is InChI=1S/C26H28ClF3N4O6/c27-16-4-5-18-20(9-16)40-33-21(18)25(38)34-11-14-2-1-3-17(14)22(34)24(37)32-10-15(8-13-6-7-31-23(13)36)19(35)12-39-26(28,29)30/h4-5,9,13-15,17,22H,1-3,6-8,10-12H2,(H,31,36)(H,32,37)/t13-,14-,15+,17-,22-/m0/s1. The highest BCUT2D eigenvalue weighted by Gasteiger charge is 2.50. The van der Waals surface area contributed by atoms with E-state index in [4.69, 9.17) is 16.1 Å². The predicted octanol–water partition coefficient (Wildman–Crippen LogP) is 3.09. The van der Waals surface area contributed by atoms with Gasteiger partial charge in [0.1, 0.15) is 12.6 Å². The quantitative estimate of drug-likeness (QED) is 0.463. The predicted molar refractivity (Wildman–Crippen MR) is 134 cm³/mol. The van der Waals surface area contributed by atoms with Crippen LogP contribution in [0.4, 0.5) is 13.2 Å². The number of Topliss-reactive ketones (excluding diaryl/α,β-unsaturated/α-hetero) is 1. The molecular weight excluding hydrogens is 557 g/mol. The summed E-state index contributed by atoms with van der Waals surface area (Å²) in [4.78, 5) is 53.4. The Bertz CT molecular complexity index is 1320. The first-order valence-electron chi connectivity index (χ1n) is 13.2. The van der Waals surface area contributed by atoms with Gasteiger partial charge >= 0.3 is 6.36 Å². The number of likely N-dealkylation sites (tertiary alicyclic amines) is 1. The Morgan fingerprint density at radius 1 is 1.25 bits per heavy atom. The van der Waals surface area contributed by atoms with E-state index in [1.54, 1.807) is 12.1 Å². The highest BCUT2D eigenvalue weighted by molar-refractivity contribution is 6.31. The Kier molecular flexibility index (Phi) is 8.05. The smallest absolute Gasteiger partial charge is 0.356 e. The molecule has 3 aliphatic rings. The molecule has 1 aliphatic carbocycles. The lowest BCUT2D eigenvalue weighted by Crippen LogP contribution is -2.50. The molecule has 2 saturated heterocycles. The number of alkyl halides is 3. The molecule has 0 bridgehead atoms. The van der Waals surface area contributed by atoms with E-state index in [1.807, 2.05) is 0 Å². The molecule has 0 radical (unpaired) electrons. The average Bonchev–Trinajstić information content (AvgIpc) is 3.68. The number of nitrogens with one attached hydrogen (secondary N) is 2. The third-order valence-corrected chi connectivity index (χ3v) is 8.38. The van der Waals surface area contributed by atoms with Gasteiger partial charge in [-0.05, 0) is 49.7 Å². The Morgan fingerprint density at radius 2 is 2.05 bits per heavy atom. The number of fused-ring (bicyclic) bond motifs is 2. The maximum absolute atomic E-state index is 13.6. The van der Waals surface area contributed by atoms with Gasteiger partial charge in [-0.3, -0.25) is 23.9 Å². The second-order valence-corrected chi connectivity index (χ2v) is 11.0. The van der Waals surface area contributed by atoms with E-state index in [-0.39, 0.29) is 36.4 Å². The van der Waals surface area contributed by atoms with Gasteiger partial charge in [-0.25, -0.2) is 0 Å². The van der Waals surface area contributed by atoms with Crippen molar-refractivity contribution < 1.29 is 41.6 Å². The summed E-state index contributed by atoms with van der Waals surface area (Å²) in [6.45, 7) is -0.765. The molecular formula is C26H28ClF3N4O6. The fourth-order valence-corrected chi connectivity index (χ4v) is 6.36. The molecule has 1 aromatic heterocycles. The topological polar surface area (TPSA) is 131 Å². The maximum atomic E-state index is 13.6. The highest BCUT2D eigenvalue weighted by atomic mass is 35.5. The maximum Gasteiger partial charge on any atom is 0.522 e. The first-order valence-corrected chi connectivity index (χ1v) is 13.5. The number of halogens is 4. The van der Waals surface area contributed by atoms with Gasteiger partial charge in [0.05, 0.1) is 5.39 Å². The van der Waals surface area contributed by atoms with E-state index >= 15 is 0 Å².